The summed E-state index contributed by atoms with van der Waals surface area (Å²) in [7, 11) is 1.23. The molecular formula is C34H66NO7P. The number of rotatable bonds is 31. The molecule has 0 aromatic rings. The number of unbranched alkanes of at least 4 members (excludes halogenated alkanes) is 16. The Bertz CT molecular complexity index is 752. The predicted octanol–water partition coefficient (Wildman–Crippen LogP) is 8.03. The van der Waals surface area contributed by atoms with Crippen LogP contribution in [-0.4, -0.2) is 69.2 Å². The third-order valence-electron chi connectivity index (χ3n) is 7.18. The number of likely N-dealkylation sites (N-methyl/N-ethyl adjacent to an activating group) is 1. The molecule has 0 aliphatic heterocycles. The van der Waals surface area contributed by atoms with Crippen molar-refractivity contribution in [2.45, 2.75) is 141 Å². The second kappa shape index (κ2) is 28.5. The lowest BCUT2D eigenvalue weighted by Crippen LogP contribution is -2.37. The summed E-state index contributed by atoms with van der Waals surface area (Å²) < 4.78 is 26.7. The van der Waals surface area contributed by atoms with Crippen molar-refractivity contribution in [1.29, 1.82) is 0 Å². The zero-order valence-electron chi connectivity index (χ0n) is 28.1. The average molecular weight is 632 g/mol. The lowest BCUT2D eigenvalue weighted by atomic mass is 10.0. The van der Waals surface area contributed by atoms with Crippen LogP contribution in [0.5, 0.6) is 0 Å². The molecule has 9 heteroatoms. The fraction of sp³-hybridized carbons (Fsp3) is 0.853. The average Bonchev–Trinajstić information content (AvgIpc) is 2.94. The van der Waals surface area contributed by atoms with E-state index in [1.54, 1.807) is 0 Å². The molecule has 43 heavy (non-hydrogen) atoms. The smallest absolute Gasteiger partial charge is 0.305 e. The van der Waals surface area contributed by atoms with E-state index >= 15 is 0 Å². The zero-order chi connectivity index (χ0) is 32.1. The van der Waals surface area contributed by atoms with Gasteiger partial charge in [0.15, 0.2) is 0 Å². The number of ether oxygens (including phenoxy) is 1. The quantitative estimate of drug-likeness (QED) is 0.0271. The number of hydrogen-bond acceptors (Lipinski definition) is 7. The molecule has 1 unspecified atom stereocenters. The lowest BCUT2D eigenvalue weighted by molar-refractivity contribution is -0.870. The Morgan fingerprint density at radius 1 is 0.721 bits per heavy atom. The Labute approximate surface area is 264 Å². The van der Waals surface area contributed by atoms with E-state index in [0.29, 0.717) is 17.4 Å². The second-order valence-corrected chi connectivity index (χ2v) is 14.1. The number of phosphoric acid groups is 1. The molecule has 0 radical (unpaired) electrons. The Morgan fingerprint density at radius 2 is 1.19 bits per heavy atom. The fourth-order valence-corrected chi connectivity index (χ4v) is 5.17. The van der Waals surface area contributed by atoms with E-state index in [-0.39, 0.29) is 19.6 Å². The first-order valence-corrected chi connectivity index (χ1v) is 18.6. The van der Waals surface area contributed by atoms with Crippen LogP contribution in [0.3, 0.4) is 0 Å². The van der Waals surface area contributed by atoms with Crippen molar-refractivity contribution in [1.82, 2.24) is 0 Å². The van der Waals surface area contributed by atoms with Gasteiger partial charge in [-0.05, 0) is 38.5 Å². The van der Waals surface area contributed by atoms with Gasteiger partial charge in [0.25, 0.3) is 7.82 Å². The van der Waals surface area contributed by atoms with Crippen LogP contribution < -0.4 is 4.89 Å². The van der Waals surface area contributed by atoms with Crippen molar-refractivity contribution in [2.75, 3.05) is 47.5 Å². The highest BCUT2D eigenvalue weighted by Crippen LogP contribution is 2.38. The van der Waals surface area contributed by atoms with Crippen LogP contribution >= 0.6 is 7.82 Å². The van der Waals surface area contributed by atoms with E-state index in [0.717, 1.165) is 19.3 Å². The molecule has 0 aromatic carbocycles. The van der Waals surface area contributed by atoms with Crippen molar-refractivity contribution >= 4 is 13.8 Å². The van der Waals surface area contributed by atoms with Gasteiger partial charge in [0, 0.05) is 6.42 Å². The maximum absolute atomic E-state index is 11.9. The molecule has 0 aromatic heterocycles. The summed E-state index contributed by atoms with van der Waals surface area (Å²) in [5, 5.41) is 9.84. The van der Waals surface area contributed by atoms with Gasteiger partial charge in [-0.1, -0.05) is 115 Å². The number of aliphatic hydroxyl groups is 1. The molecule has 8 nitrogen and oxygen atoms in total. The number of allylic oxidation sites excluding steroid dienone is 4. The van der Waals surface area contributed by atoms with Crippen LogP contribution in [0.1, 0.15) is 135 Å². The number of hydrogen-bond donors (Lipinski definition) is 1. The number of carbonyl (C=O) groups is 1. The van der Waals surface area contributed by atoms with Crippen molar-refractivity contribution in [3.05, 3.63) is 24.3 Å². The summed E-state index contributed by atoms with van der Waals surface area (Å²) in [6.45, 7) is 1.91. The van der Waals surface area contributed by atoms with Gasteiger partial charge in [-0.2, -0.15) is 0 Å². The molecular weight excluding hydrogens is 565 g/mol. The summed E-state index contributed by atoms with van der Waals surface area (Å²) in [5.74, 6) is -0.427. The molecule has 1 N–H and O–H groups in total. The number of aliphatic hydroxyl groups excluding tert-OH is 1. The molecule has 0 fully saturated rings. The number of carbonyl (C=O) groups excluding carboxylic acids is 1. The molecule has 0 bridgehead atoms. The van der Waals surface area contributed by atoms with Gasteiger partial charge in [-0.15, -0.1) is 0 Å². The first-order valence-electron chi connectivity index (χ1n) is 17.1. The molecule has 254 valence electrons. The molecule has 2 atom stereocenters. The predicted molar refractivity (Wildman–Crippen MR) is 176 cm³/mol. The first kappa shape index (κ1) is 42.0. The largest absolute Gasteiger partial charge is 0.756 e. The molecule has 0 heterocycles. The summed E-state index contributed by atoms with van der Waals surface area (Å²) in [6.07, 6.45) is 32.0. The van der Waals surface area contributed by atoms with Gasteiger partial charge in [0.05, 0.1) is 27.7 Å². The first-order chi connectivity index (χ1) is 20.6. The van der Waals surface area contributed by atoms with Gasteiger partial charge in [0.2, 0.25) is 0 Å². The maximum atomic E-state index is 11.9. The van der Waals surface area contributed by atoms with Crippen LogP contribution in [0.15, 0.2) is 24.3 Å². The number of quaternary nitrogens is 1. The van der Waals surface area contributed by atoms with Gasteiger partial charge >= 0.3 is 5.97 Å². The lowest BCUT2D eigenvalue weighted by Gasteiger charge is -2.27. The van der Waals surface area contributed by atoms with E-state index < -0.39 is 26.5 Å². The van der Waals surface area contributed by atoms with Gasteiger partial charge in [-0.3, -0.25) is 9.36 Å². The van der Waals surface area contributed by atoms with E-state index in [1.165, 1.54) is 96.3 Å². The summed E-state index contributed by atoms with van der Waals surface area (Å²) in [4.78, 5) is 23.6. The number of nitrogens with zero attached hydrogens (tertiary/aromatic N) is 1. The van der Waals surface area contributed by atoms with Crippen molar-refractivity contribution in [2.24, 2.45) is 0 Å². The maximum Gasteiger partial charge on any atom is 0.305 e. The summed E-state index contributed by atoms with van der Waals surface area (Å²) in [5.41, 5.74) is 0. The molecule has 0 spiro atoms. The molecule has 0 aliphatic carbocycles. The van der Waals surface area contributed by atoms with E-state index in [4.69, 9.17) is 9.26 Å². The van der Waals surface area contributed by atoms with Crippen molar-refractivity contribution < 1.29 is 37.6 Å². The number of esters is 1. The van der Waals surface area contributed by atoms with Gasteiger partial charge < -0.3 is 28.3 Å². The summed E-state index contributed by atoms with van der Waals surface area (Å²) >= 11 is 0. The Morgan fingerprint density at radius 3 is 1.70 bits per heavy atom. The topological polar surface area (TPSA) is 105 Å². The Kier molecular flexibility index (Phi) is 27.8. The molecule has 0 saturated heterocycles. The van der Waals surface area contributed by atoms with E-state index in [2.05, 4.69) is 35.8 Å². The minimum absolute atomic E-state index is 0.0138. The second-order valence-electron chi connectivity index (χ2n) is 12.7. The monoisotopic (exact) mass is 631 g/mol. The Hall–Kier alpha value is -1.02. The van der Waals surface area contributed by atoms with Crippen molar-refractivity contribution in [3.63, 3.8) is 0 Å². The molecule has 0 rings (SSSR count). The molecule has 0 saturated carbocycles. The summed E-state index contributed by atoms with van der Waals surface area (Å²) in [6, 6.07) is 0. The standard InChI is InChI=1S/C34H66NO7P/c1-5-6-7-8-9-10-11-12-13-14-15-16-17-18-19-20-21-22-23-24-25-26-27-28-34(37)40-31-33(36)32-42-43(38,39)41-30-29-35(2,3)4/h20-21,24-25,33,36H,5-19,22-23,26-32H2,1-4H3/b21-20+,25-24+/t33-/m1/s1. The zero-order valence-corrected chi connectivity index (χ0v) is 29.0. The van der Waals surface area contributed by atoms with Gasteiger partial charge in [0.1, 0.15) is 25.9 Å². The third kappa shape index (κ3) is 33.7. The van der Waals surface area contributed by atoms with Gasteiger partial charge in [-0.25, -0.2) is 0 Å². The molecule has 0 amide bonds. The van der Waals surface area contributed by atoms with Crippen LogP contribution in [0.4, 0.5) is 0 Å². The van der Waals surface area contributed by atoms with Crippen LogP contribution in [0.25, 0.3) is 0 Å². The molecule has 0 aliphatic rings. The third-order valence-corrected chi connectivity index (χ3v) is 8.15. The fourth-order valence-electron chi connectivity index (χ4n) is 4.44. The van der Waals surface area contributed by atoms with Crippen LogP contribution in [0.2, 0.25) is 0 Å². The highest BCUT2D eigenvalue weighted by molar-refractivity contribution is 7.45. The highest BCUT2D eigenvalue weighted by Gasteiger charge is 2.16. The van der Waals surface area contributed by atoms with Crippen LogP contribution in [-0.2, 0) is 23.1 Å². The highest BCUT2D eigenvalue weighted by atomic mass is 31.2. The Balaban J connectivity index is 3.53. The minimum atomic E-state index is -4.51. The van der Waals surface area contributed by atoms with E-state index in [1.807, 2.05) is 21.1 Å². The van der Waals surface area contributed by atoms with Crippen LogP contribution in [0, 0.1) is 0 Å². The SMILES string of the molecule is CCCCCCCCCCCCCCCC/C=C/CC/C=C/CCCC(=O)OC[C@@H](O)COP(=O)([O-])OCC[N+](C)(C)C. The minimum Gasteiger partial charge on any atom is -0.756 e. The van der Waals surface area contributed by atoms with E-state index in [9.17, 15) is 19.4 Å². The number of phosphoric ester groups is 1. The normalized spacial score (nSPS) is 14.5. The van der Waals surface area contributed by atoms with Crippen molar-refractivity contribution in [3.8, 4) is 0 Å².